The Morgan fingerprint density at radius 1 is 1.13 bits per heavy atom. The Hall–Kier alpha value is -3.20. The Morgan fingerprint density at radius 3 is 2.39 bits per heavy atom. The van der Waals surface area contributed by atoms with Crippen LogP contribution in [0.3, 0.4) is 0 Å². The Morgan fingerprint density at radius 2 is 1.81 bits per heavy atom. The number of rotatable bonds is 7. The van der Waals surface area contributed by atoms with Gasteiger partial charge in [-0.3, -0.25) is 13.9 Å². The number of nitrogens with zero attached hydrogens (tertiary/aromatic N) is 4. The largest absolute Gasteiger partial charge is 0.490 e. The summed E-state index contributed by atoms with van der Waals surface area (Å²) in [6, 6.07) is 7.24. The number of halogens is 1. The monoisotopic (exact) mass is 428 g/mol. The average molecular weight is 428 g/mol. The molecule has 3 aromatic rings. The molecule has 1 aliphatic heterocycles. The molecule has 9 heteroatoms. The molecule has 31 heavy (non-hydrogen) atoms. The lowest BCUT2D eigenvalue weighted by atomic mass is 10.1. The normalized spacial score (nSPS) is 15.5. The van der Waals surface area contributed by atoms with Gasteiger partial charge in [0.15, 0.2) is 16.8 Å². The topological polar surface area (TPSA) is 80.3 Å². The summed E-state index contributed by atoms with van der Waals surface area (Å²) in [6.45, 7) is 4.45. The van der Waals surface area contributed by atoms with Crippen LogP contribution in [0.5, 0.6) is 5.75 Å². The van der Waals surface area contributed by atoms with E-state index in [1.165, 1.54) is 9.13 Å². The highest BCUT2D eigenvalue weighted by atomic mass is 19.1. The zero-order valence-corrected chi connectivity index (χ0v) is 17.8. The number of imidazole rings is 1. The summed E-state index contributed by atoms with van der Waals surface area (Å²) in [5.74, 6) is 1.14. The van der Waals surface area contributed by atoms with E-state index in [1.54, 1.807) is 36.7 Å². The first-order chi connectivity index (χ1) is 14.9. The predicted molar refractivity (Wildman–Crippen MR) is 116 cm³/mol. The third kappa shape index (κ3) is 3.81. The molecule has 0 saturated carbocycles. The SMILES string of the molecule is CCn1c(=O)c2c(nc(C=Cc3ccc(OCC4(F)COC4)cc3)n2C)n(CC)c1=O. The van der Waals surface area contributed by atoms with Crippen molar-refractivity contribution < 1.29 is 13.9 Å². The molecular formula is C22H25FN4O4. The van der Waals surface area contributed by atoms with E-state index >= 15 is 0 Å². The van der Waals surface area contributed by atoms with Crippen molar-refractivity contribution in [1.29, 1.82) is 0 Å². The third-order valence-corrected chi connectivity index (χ3v) is 5.43. The molecule has 164 valence electrons. The Kier molecular flexibility index (Phi) is 5.53. The quantitative estimate of drug-likeness (QED) is 0.577. The summed E-state index contributed by atoms with van der Waals surface area (Å²) in [6.07, 6.45) is 3.65. The van der Waals surface area contributed by atoms with Gasteiger partial charge < -0.3 is 14.0 Å². The van der Waals surface area contributed by atoms with Crippen LogP contribution >= 0.6 is 0 Å². The van der Waals surface area contributed by atoms with E-state index in [2.05, 4.69) is 4.98 Å². The van der Waals surface area contributed by atoms with E-state index in [4.69, 9.17) is 9.47 Å². The molecule has 0 radical (unpaired) electrons. The lowest BCUT2D eigenvalue weighted by Gasteiger charge is -2.33. The van der Waals surface area contributed by atoms with Gasteiger partial charge in [-0.05, 0) is 37.6 Å². The van der Waals surface area contributed by atoms with Crippen molar-refractivity contribution in [2.45, 2.75) is 32.6 Å². The molecule has 0 bridgehead atoms. The highest BCUT2D eigenvalue weighted by molar-refractivity contribution is 5.76. The minimum absolute atomic E-state index is 0.0313. The number of alkyl halides is 1. The summed E-state index contributed by atoms with van der Waals surface area (Å²) in [5.41, 5.74) is -0.421. The van der Waals surface area contributed by atoms with Crippen LogP contribution in [-0.2, 0) is 24.9 Å². The lowest BCUT2D eigenvalue weighted by molar-refractivity contribution is -0.146. The van der Waals surface area contributed by atoms with Crippen molar-refractivity contribution in [3.8, 4) is 5.75 Å². The minimum Gasteiger partial charge on any atom is -0.490 e. The zero-order chi connectivity index (χ0) is 22.2. The van der Waals surface area contributed by atoms with Crippen molar-refractivity contribution in [1.82, 2.24) is 18.7 Å². The molecule has 8 nitrogen and oxygen atoms in total. The van der Waals surface area contributed by atoms with Crippen molar-refractivity contribution in [3.63, 3.8) is 0 Å². The van der Waals surface area contributed by atoms with Crippen LogP contribution in [0.4, 0.5) is 4.39 Å². The maximum atomic E-state index is 13.9. The van der Waals surface area contributed by atoms with Crippen molar-refractivity contribution in [2.24, 2.45) is 7.05 Å². The molecule has 0 atom stereocenters. The molecular weight excluding hydrogens is 403 g/mol. The molecule has 0 spiro atoms. The van der Waals surface area contributed by atoms with Crippen LogP contribution in [0.15, 0.2) is 33.9 Å². The Balaban J connectivity index is 1.59. The van der Waals surface area contributed by atoms with E-state index in [1.807, 2.05) is 25.1 Å². The molecule has 0 amide bonds. The molecule has 0 unspecified atom stereocenters. The van der Waals surface area contributed by atoms with Gasteiger partial charge in [0.1, 0.15) is 18.2 Å². The van der Waals surface area contributed by atoms with Crippen molar-refractivity contribution in [3.05, 3.63) is 56.5 Å². The molecule has 3 heterocycles. The van der Waals surface area contributed by atoms with E-state index in [-0.39, 0.29) is 31.1 Å². The molecule has 1 saturated heterocycles. The van der Waals surface area contributed by atoms with Gasteiger partial charge in [-0.2, -0.15) is 0 Å². The second kappa shape index (κ2) is 8.14. The minimum atomic E-state index is -1.39. The van der Waals surface area contributed by atoms with E-state index < -0.39 is 5.67 Å². The molecule has 1 aromatic carbocycles. The van der Waals surface area contributed by atoms with Crippen LogP contribution in [0, 0.1) is 0 Å². The third-order valence-electron chi connectivity index (χ3n) is 5.43. The molecule has 0 aliphatic carbocycles. The molecule has 0 N–H and O–H groups in total. The number of hydrogen-bond acceptors (Lipinski definition) is 5. The maximum Gasteiger partial charge on any atom is 0.332 e. The Labute approximate surface area is 178 Å². The summed E-state index contributed by atoms with van der Waals surface area (Å²) < 4.78 is 28.7. The molecule has 1 aliphatic rings. The number of aromatic nitrogens is 4. The van der Waals surface area contributed by atoms with Crippen LogP contribution in [0.25, 0.3) is 23.3 Å². The maximum absolute atomic E-state index is 13.9. The standard InChI is InChI=1S/C22H25FN4O4/c1-4-26-19-18(20(28)27(5-2)21(26)29)25(3)17(24-19)11-8-15-6-9-16(10-7-15)31-14-22(23)12-30-13-22/h6-11H,4-5,12-14H2,1-3H3. The first kappa shape index (κ1) is 21.0. The van der Waals surface area contributed by atoms with Gasteiger partial charge in [-0.25, -0.2) is 14.2 Å². The van der Waals surface area contributed by atoms with Crippen LogP contribution in [0.2, 0.25) is 0 Å². The molecule has 1 fully saturated rings. The number of ether oxygens (including phenoxy) is 2. The highest BCUT2D eigenvalue weighted by Crippen LogP contribution is 2.24. The number of fused-ring (bicyclic) bond motifs is 1. The van der Waals surface area contributed by atoms with Gasteiger partial charge in [0, 0.05) is 20.1 Å². The summed E-state index contributed by atoms with van der Waals surface area (Å²) in [4.78, 5) is 29.9. The summed E-state index contributed by atoms with van der Waals surface area (Å²) in [5, 5.41) is 0. The number of aryl methyl sites for hydroxylation is 2. The lowest BCUT2D eigenvalue weighted by Crippen LogP contribution is -2.50. The first-order valence-electron chi connectivity index (χ1n) is 10.2. The second-order valence-corrected chi connectivity index (χ2v) is 7.61. The van der Waals surface area contributed by atoms with E-state index in [9.17, 15) is 14.0 Å². The predicted octanol–water partition coefficient (Wildman–Crippen LogP) is 2.22. The first-order valence-corrected chi connectivity index (χ1v) is 10.2. The molecule has 4 rings (SSSR count). The van der Waals surface area contributed by atoms with Gasteiger partial charge >= 0.3 is 5.69 Å². The van der Waals surface area contributed by atoms with Crippen LogP contribution < -0.4 is 16.0 Å². The summed E-state index contributed by atoms with van der Waals surface area (Å²) in [7, 11) is 1.76. The number of hydrogen-bond donors (Lipinski definition) is 0. The Bertz CT molecular complexity index is 1250. The zero-order valence-electron chi connectivity index (χ0n) is 17.8. The fourth-order valence-corrected chi connectivity index (χ4v) is 3.56. The fraction of sp³-hybridized carbons (Fsp3) is 0.409. The van der Waals surface area contributed by atoms with Gasteiger partial charge in [-0.1, -0.05) is 18.2 Å². The highest BCUT2D eigenvalue weighted by Gasteiger charge is 2.39. The summed E-state index contributed by atoms with van der Waals surface area (Å²) >= 11 is 0. The number of benzene rings is 1. The second-order valence-electron chi connectivity index (χ2n) is 7.61. The van der Waals surface area contributed by atoms with E-state index in [0.717, 1.165) is 5.56 Å². The van der Waals surface area contributed by atoms with Gasteiger partial charge in [0.2, 0.25) is 0 Å². The van der Waals surface area contributed by atoms with Crippen LogP contribution in [-0.4, -0.2) is 44.2 Å². The van der Waals surface area contributed by atoms with Crippen molar-refractivity contribution >= 4 is 23.3 Å². The van der Waals surface area contributed by atoms with Gasteiger partial charge in [0.05, 0.1) is 13.2 Å². The fourth-order valence-electron chi connectivity index (χ4n) is 3.56. The van der Waals surface area contributed by atoms with E-state index in [0.29, 0.717) is 35.8 Å². The smallest absolute Gasteiger partial charge is 0.332 e. The van der Waals surface area contributed by atoms with Gasteiger partial charge in [-0.15, -0.1) is 0 Å². The van der Waals surface area contributed by atoms with Crippen LogP contribution in [0.1, 0.15) is 25.2 Å². The van der Waals surface area contributed by atoms with Gasteiger partial charge in [0.25, 0.3) is 5.56 Å². The van der Waals surface area contributed by atoms with Crippen molar-refractivity contribution in [2.75, 3.05) is 19.8 Å². The molecule has 2 aromatic heterocycles. The average Bonchev–Trinajstić information content (AvgIpc) is 3.07.